The van der Waals surface area contributed by atoms with Gasteiger partial charge in [0.1, 0.15) is 5.75 Å². The van der Waals surface area contributed by atoms with E-state index >= 15 is 0 Å². The average molecular weight is 333 g/mol. The molecule has 0 spiro atoms. The van der Waals surface area contributed by atoms with Crippen LogP contribution in [-0.2, 0) is 0 Å². The first-order valence-corrected chi connectivity index (χ1v) is 8.33. The average Bonchev–Trinajstić information content (AvgIpc) is 2.55. The Labute approximate surface area is 140 Å². The van der Waals surface area contributed by atoms with Crippen molar-refractivity contribution in [2.75, 3.05) is 6.61 Å². The van der Waals surface area contributed by atoms with E-state index in [0.29, 0.717) is 18.4 Å². The quantitative estimate of drug-likeness (QED) is 0.773. The summed E-state index contributed by atoms with van der Waals surface area (Å²) in [5.41, 5.74) is 1.20. The predicted molar refractivity (Wildman–Crippen MR) is 92.0 cm³/mol. The van der Waals surface area contributed by atoms with E-state index in [1.807, 2.05) is 18.2 Å². The van der Waals surface area contributed by atoms with Gasteiger partial charge in [0.25, 0.3) is 0 Å². The molecule has 3 nitrogen and oxygen atoms in total. The minimum atomic E-state index is 0.207. The topological polar surface area (TPSA) is 33.3 Å². The van der Waals surface area contributed by atoms with Gasteiger partial charge in [-0.25, -0.2) is 0 Å². The van der Waals surface area contributed by atoms with Crippen LogP contribution in [0.25, 0.3) is 0 Å². The van der Waals surface area contributed by atoms with Crippen LogP contribution in [0.2, 0.25) is 0 Å². The number of para-hydroxylation sites is 1. The SMILES string of the molecule is S=C1NC2c3ccccc3OCC2C(C2C=CC(Cl)=CC2)N1. The fourth-order valence-electron chi connectivity index (χ4n) is 3.62. The van der Waals surface area contributed by atoms with Crippen LogP contribution in [0.5, 0.6) is 5.75 Å². The summed E-state index contributed by atoms with van der Waals surface area (Å²) in [4.78, 5) is 0. The monoisotopic (exact) mass is 332 g/mol. The highest BCUT2D eigenvalue weighted by Crippen LogP contribution is 2.41. The van der Waals surface area contributed by atoms with Crippen molar-refractivity contribution >= 4 is 28.9 Å². The standard InChI is InChI=1S/C17H17ClN2OS/c18-11-7-5-10(6-8-11)15-13-9-21-14-4-2-1-3-12(14)16(13)20-17(22)19-15/h1-5,7-8,10,13,15-16H,6,9H2,(H2,19,20,22). The van der Waals surface area contributed by atoms with Crippen LogP contribution in [0.1, 0.15) is 18.0 Å². The van der Waals surface area contributed by atoms with Crippen LogP contribution in [0.3, 0.4) is 0 Å². The predicted octanol–water partition coefficient (Wildman–Crippen LogP) is 3.28. The smallest absolute Gasteiger partial charge is 0.167 e. The Balaban J connectivity index is 1.65. The molecular weight excluding hydrogens is 316 g/mol. The minimum absolute atomic E-state index is 0.207. The van der Waals surface area contributed by atoms with Crippen LogP contribution in [0, 0.1) is 11.8 Å². The Bertz CT molecular complexity index is 672. The van der Waals surface area contributed by atoms with Crippen molar-refractivity contribution in [3.05, 3.63) is 53.1 Å². The second-order valence-corrected chi connectivity index (χ2v) is 6.83. The van der Waals surface area contributed by atoms with Gasteiger partial charge in [0.2, 0.25) is 0 Å². The summed E-state index contributed by atoms with van der Waals surface area (Å²) < 4.78 is 5.98. The van der Waals surface area contributed by atoms with Gasteiger partial charge in [-0.15, -0.1) is 0 Å². The third-order valence-electron chi connectivity index (χ3n) is 4.71. The number of allylic oxidation sites excluding steroid dienone is 3. The molecule has 1 saturated heterocycles. The van der Waals surface area contributed by atoms with Gasteiger partial charge in [0.15, 0.2) is 5.11 Å². The molecule has 4 unspecified atom stereocenters. The number of hydrogen-bond acceptors (Lipinski definition) is 2. The Morgan fingerprint density at radius 3 is 2.91 bits per heavy atom. The molecule has 1 aliphatic carbocycles. The molecule has 4 atom stereocenters. The van der Waals surface area contributed by atoms with E-state index in [2.05, 4.69) is 34.9 Å². The van der Waals surface area contributed by atoms with Crippen LogP contribution in [0.4, 0.5) is 0 Å². The lowest BCUT2D eigenvalue weighted by Crippen LogP contribution is -2.61. The van der Waals surface area contributed by atoms with Crippen molar-refractivity contribution in [2.24, 2.45) is 11.8 Å². The molecule has 0 aromatic heterocycles. The number of thiocarbonyl (C=S) groups is 1. The normalized spacial score (nSPS) is 32.8. The molecule has 3 aliphatic rings. The highest BCUT2D eigenvalue weighted by Gasteiger charge is 2.42. The summed E-state index contributed by atoms with van der Waals surface area (Å²) in [5, 5.41) is 8.41. The van der Waals surface area contributed by atoms with Crippen molar-refractivity contribution in [1.29, 1.82) is 0 Å². The highest BCUT2D eigenvalue weighted by molar-refractivity contribution is 7.80. The number of benzene rings is 1. The van der Waals surface area contributed by atoms with Crippen molar-refractivity contribution < 1.29 is 4.74 Å². The summed E-state index contributed by atoms with van der Waals surface area (Å²) in [6.45, 7) is 0.691. The Morgan fingerprint density at radius 1 is 1.23 bits per heavy atom. The molecule has 0 radical (unpaired) electrons. The lowest BCUT2D eigenvalue weighted by Gasteiger charge is -2.46. The molecule has 2 N–H and O–H groups in total. The Hall–Kier alpha value is -1.52. The molecule has 114 valence electrons. The molecule has 4 rings (SSSR count). The fraction of sp³-hybridized carbons (Fsp3) is 0.353. The van der Waals surface area contributed by atoms with Gasteiger partial charge in [-0.2, -0.15) is 0 Å². The fourth-order valence-corrected chi connectivity index (χ4v) is 4.05. The summed E-state index contributed by atoms with van der Waals surface area (Å²) in [5.74, 6) is 1.67. The molecule has 1 aromatic carbocycles. The van der Waals surface area contributed by atoms with Crippen LogP contribution in [0.15, 0.2) is 47.5 Å². The summed E-state index contributed by atoms with van der Waals surface area (Å²) in [7, 11) is 0. The van der Waals surface area contributed by atoms with Gasteiger partial charge in [0, 0.05) is 28.5 Å². The molecule has 5 heteroatoms. The van der Waals surface area contributed by atoms with Gasteiger partial charge >= 0.3 is 0 Å². The molecule has 2 aliphatic heterocycles. The highest BCUT2D eigenvalue weighted by atomic mass is 35.5. The second-order valence-electron chi connectivity index (χ2n) is 5.98. The largest absolute Gasteiger partial charge is 0.493 e. The number of nitrogens with one attached hydrogen (secondary N) is 2. The number of halogens is 1. The molecule has 1 aromatic rings. The molecule has 0 amide bonds. The Kier molecular flexibility index (Phi) is 3.59. The first kappa shape index (κ1) is 14.1. The van der Waals surface area contributed by atoms with E-state index in [0.717, 1.165) is 22.3 Å². The first-order chi connectivity index (χ1) is 10.7. The van der Waals surface area contributed by atoms with E-state index < -0.39 is 0 Å². The van der Waals surface area contributed by atoms with Gasteiger partial charge < -0.3 is 15.4 Å². The summed E-state index contributed by atoms with van der Waals surface area (Å²) >= 11 is 11.5. The van der Waals surface area contributed by atoms with E-state index in [9.17, 15) is 0 Å². The van der Waals surface area contributed by atoms with Crippen molar-refractivity contribution in [2.45, 2.75) is 18.5 Å². The maximum Gasteiger partial charge on any atom is 0.167 e. The van der Waals surface area contributed by atoms with Gasteiger partial charge in [-0.3, -0.25) is 0 Å². The van der Waals surface area contributed by atoms with Crippen molar-refractivity contribution in [1.82, 2.24) is 10.6 Å². The number of rotatable bonds is 1. The van der Waals surface area contributed by atoms with Crippen LogP contribution in [-0.4, -0.2) is 17.8 Å². The third-order valence-corrected chi connectivity index (χ3v) is 5.22. The van der Waals surface area contributed by atoms with E-state index in [1.54, 1.807) is 0 Å². The van der Waals surface area contributed by atoms with Crippen LogP contribution >= 0.6 is 23.8 Å². The number of hydrogen-bond donors (Lipinski definition) is 2. The van der Waals surface area contributed by atoms with Gasteiger partial charge in [-0.05, 0) is 30.8 Å². The van der Waals surface area contributed by atoms with Gasteiger partial charge in [-0.1, -0.05) is 42.0 Å². The van der Waals surface area contributed by atoms with Crippen molar-refractivity contribution in [3.63, 3.8) is 0 Å². The molecule has 0 saturated carbocycles. The first-order valence-electron chi connectivity index (χ1n) is 7.55. The van der Waals surface area contributed by atoms with E-state index in [4.69, 9.17) is 28.6 Å². The molecule has 1 fully saturated rings. The molecule has 2 heterocycles. The summed E-state index contributed by atoms with van der Waals surface area (Å²) in [6, 6.07) is 8.67. The maximum atomic E-state index is 6.04. The van der Waals surface area contributed by atoms with Crippen LogP contribution < -0.4 is 15.4 Å². The zero-order chi connectivity index (χ0) is 15.1. The number of ether oxygens (including phenoxy) is 1. The summed E-state index contributed by atoms with van der Waals surface area (Å²) in [6.07, 6.45) is 7.17. The zero-order valence-corrected chi connectivity index (χ0v) is 13.5. The minimum Gasteiger partial charge on any atom is -0.493 e. The van der Waals surface area contributed by atoms with Crippen molar-refractivity contribution in [3.8, 4) is 5.75 Å². The number of fused-ring (bicyclic) bond motifs is 3. The zero-order valence-electron chi connectivity index (χ0n) is 12.0. The Morgan fingerprint density at radius 2 is 2.09 bits per heavy atom. The third kappa shape index (κ3) is 2.40. The molecular formula is C17H17ClN2OS. The lowest BCUT2D eigenvalue weighted by atomic mass is 9.76. The van der Waals surface area contributed by atoms with Gasteiger partial charge in [0.05, 0.1) is 12.6 Å². The second kappa shape index (κ2) is 5.60. The lowest BCUT2D eigenvalue weighted by molar-refractivity contribution is 0.127. The van der Waals surface area contributed by atoms with E-state index in [1.165, 1.54) is 5.56 Å². The maximum absolute atomic E-state index is 6.04. The molecule has 0 bridgehead atoms. The molecule has 22 heavy (non-hydrogen) atoms. The van der Waals surface area contributed by atoms with E-state index in [-0.39, 0.29) is 12.1 Å².